The fourth-order valence-electron chi connectivity index (χ4n) is 1.37. The van der Waals surface area contributed by atoms with Crippen LogP contribution in [-0.4, -0.2) is 39.0 Å². The summed E-state index contributed by atoms with van der Waals surface area (Å²) >= 11 is 10.2. The molecule has 1 fully saturated rings. The summed E-state index contributed by atoms with van der Waals surface area (Å²) < 4.78 is 31.8. The predicted molar refractivity (Wildman–Crippen MR) is 66.6 cm³/mol. The Labute approximate surface area is 111 Å². The van der Waals surface area contributed by atoms with Crippen molar-refractivity contribution in [3.8, 4) is 0 Å². The van der Waals surface area contributed by atoms with Crippen LogP contribution in [0, 0.1) is 0 Å². The molecule has 0 saturated carbocycles. The van der Waals surface area contributed by atoms with Gasteiger partial charge in [0.05, 0.1) is 22.0 Å². The largest absolute Gasteiger partial charge is 0.379 e. The Balaban J connectivity index is 2.30. The quantitative estimate of drug-likeness (QED) is 0.824. The molecule has 0 atom stereocenters. The van der Waals surface area contributed by atoms with E-state index in [0.717, 1.165) is 11.3 Å². The van der Waals surface area contributed by atoms with E-state index < -0.39 is 10.0 Å². The summed E-state index contributed by atoms with van der Waals surface area (Å²) in [7, 11) is -3.41. The summed E-state index contributed by atoms with van der Waals surface area (Å²) in [6.07, 6.45) is 0. The number of sulfonamides is 1. The monoisotopic (exact) mass is 345 g/mol. The third-order valence-electron chi connectivity index (χ3n) is 2.19. The van der Waals surface area contributed by atoms with E-state index in [0.29, 0.717) is 35.1 Å². The summed E-state index contributed by atoms with van der Waals surface area (Å²) in [4.78, 5) is 0. The van der Waals surface area contributed by atoms with Crippen LogP contribution in [0.4, 0.5) is 0 Å². The SMILES string of the molecule is O=S(=O)(c1cc(Cl)c(Br)s1)N1CCOCC1. The van der Waals surface area contributed by atoms with Crippen molar-refractivity contribution >= 4 is 48.9 Å². The van der Waals surface area contributed by atoms with Gasteiger partial charge in [0, 0.05) is 13.1 Å². The maximum Gasteiger partial charge on any atom is 0.252 e. The lowest BCUT2D eigenvalue weighted by atomic mass is 10.5. The minimum atomic E-state index is -3.41. The van der Waals surface area contributed by atoms with Crippen molar-refractivity contribution in [3.63, 3.8) is 0 Å². The van der Waals surface area contributed by atoms with Gasteiger partial charge in [0.2, 0.25) is 0 Å². The molecule has 4 nitrogen and oxygen atoms in total. The number of hydrogen-bond acceptors (Lipinski definition) is 4. The number of thiophene rings is 1. The first-order valence-electron chi connectivity index (χ1n) is 4.54. The highest BCUT2D eigenvalue weighted by Gasteiger charge is 2.28. The van der Waals surface area contributed by atoms with Crippen LogP contribution in [0.2, 0.25) is 5.02 Å². The Hall–Kier alpha value is 0.340. The zero-order valence-corrected chi connectivity index (χ0v) is 12.1. The second-order valence-corrected chi connectivity index (χ2v) is 8.15. The third kappa shape index (κ3) is 2.44. The van der Waals surface area contributed by atoms with Crippen molar-refractivity contribution in [1.82, 2.24) is 4.31 Å². The van der Waals surface area contributed by atoms with Crippen LogP contribution in [0.15, 0.2) is 14.1 Å². The van der Waals surface area contributed by atoms with E-state index in [9.17, 15) is 8.42 Å². The van der Waals surface area contributed by atoms with E-state index in [4.69, 9.17) is 16.3 Å². The van der Waals surface area contributed by atoms with Gasteiger partial charge in [-0.2, -0.15) is 4.31 Å². The minimum absolute atomic E-state index is 0.270. The molecule has 0 radical (unpaired) electrons. The van der Waals surface area contributed by atoms with Crippen LogP contribution in [0.5, 0.6) is 0 Å². The fraction of sp³-hybridized carbons (Fsp3) is 0.500. The summed E-state index contributed by atoms with van der Waals surface area (Å²) in [5.74, 6) is 0. The van der Waals surface area contributed by atoms with Gasteiger partial charge in [-0.1, -0.05) is 11.6 Å². The average Bonchev–Trinajstić information content (AvgIpc) is 2.61. The summed E-state index contributed by atoms with van der Waals surface area (Å²) in [6.45, 7) is 1.68. The molecule has 0 bridgehead atoms. The topological polar surface area (TPSA) is 46.6 Å². The van der Waals surface area contributed by atoms with Crippen LogP contribution in [0.3, 0.4) is 0 Å². The molecule has 1 aliphatic heterocycles. The molecule has 16 heavy (non-hydrogen) atoms. The van der Waals surface area contributed by atoms with Crippen LogP contribution >= 0.6 is 38.9 Å². The van der Waals surface area contributed by atoms with Crippen molar-refractivity contribution in [2.45, 2.75) is 4.21 Å². The highest BCUT2D eigenvalue weighted by molar-refractivity contribution is 9.11. The number of halogens is 2. The zero-order chi connectivity index (χ0) is 11.8. The first-order valence-corrected chi connectivity index (χ1v) is 7.97. The molecule has 1 saturated heterocycles. The summed E-state index contributed by atoms with van der Waals surface area (Å²) in [5.41, 5.74) is 0. The first-order chi connectivity index (χ1) is 7.51. The molecule has 0 aliphatic carbocycles. The molecule has 0 aromatic carbocycles. The van der Waals surface area contributed by atoms with Gasteiger partial charge in [0.15, 0.2) is 0 Å². The fourth-order valence-corrected chi connectivity index (χ4v) is 5.33. The van der Waals surface area contributed by atoms with Gasteiger partial charge in [-0.15, -0.1) is 11.3 Å². The smallest absolute Gasteiger partial charge is 0.252 e. The molecular weight excluding hydrogens is 338 g/mol. The molecule has 1 aliphatic rings. The van der Waals surface area contributed by atoms with E-state index in [1.165, 1.54) is 10.4 Å². The van der Waals surface area contributed by atoms with E-state index >= 15 is 0 Å². The standard InChI is InChI=1S/C8H9BrClNO3S2/c9-8-6(10)5-7(15-8)16(12,13)11-1-3-14-4-2-11/h5H,1-4H2. The predicted octanol–water partition coefficient (Wildman–Crippen LogP) is 2.18. The Bertz CT molecular complexity index is 462. The second-order valence-electron chi connectivity index (χ2n) is 3.20. The number of ether oxygens (including phenoxy) is 1. The number of morpholine rings is 1. The van der Waals surface area contributed by atoms with Crippen LogP contribution < -0.4 is 0 Å². The lowest BCUT2D eigenvalue weighted by Crippen LogP contribution is -2.40. The molecule has 1 aromatic heterocycles. The van der Waals surface area contributed by atoms with Gasteiger partial charge in [-0.25, -0.2) is 8.42 Å². The van der Waals surface area contributed by atoms with E-state index in [-0.39, 0.29) is 4.21 Å². The van der Waals surface area contributed by atoms with Crippen molar-refractivity contribution < 1.29 is 13.2 Å². The molecule has 0 spiro atoms. The van der Waals surface area contributed by atoms with E-state index in [1.54, 1.807) is 0 Å². The van der Waals surface area contributed by atoms with Crippen molar-refractivity contribution in [2.75, 3.05) is 26.3 Å². The van der Waals surface area contributed by atoms with Crippen LogP contribution in [0.25, 0.3) is 0 Å². The van der Waals surface area contributed by atoms with Crippen molar-refractivity contribution in [3.05, 3.63) is 14.9 Å². The van der Waals surface area contributed by atoms with E-state index in [1.807, 2.05) is 0 Å². The molecule has 1 aromatic rings. The maximum absolute atomic E-state index is 12.2. The van der Waals surface area contributed by atoms with Gasteiger partial charge in [0.25, 0.3) is 10.0 Å². The number of rotatable bonds is 2. The molecule has 0 N–H and O–H groups in total. The van der Waals surface area contributed by atoms with Crippen LogP contribution in [0.1, 0.15) is 0 Å². The van der Waals surface area contributed by atoms with Crippen molar-refractivity contribution in [1.29, 1.82) is 0 Å². The molecular formula is C8H9BrClNO3S2. The minimum Gasteiger partial charge on any atom is -0.379 e. The Morgan fingerprint density at radius 1 is 1.44 bits per heavy atom. The van der Waals surface area contributed by atoms with Crippen molar-refractivity contribution in [2.24, 2.45) is 0 Å². The molecule has 8 heteroatoms. The van der Waals surface area contributed by atoms with Gasteiger partial charge >= 0.3 is 0 Å². The second kappa shape index (κ2) is 4.91. The third-order valence-corrected chi connectivity index (χ3v) is 7.01. The summed E-state index contributed by atoms with van der Waals surface area (Å²) in [5, 5.41) is 0.428. The van der Waals surface area contributed by atoms with Gasteiger partial charge in [-0.3, -0.25) is 0 Å². The number of hydrogen-bond donors (Lipinski definition) is 0. The highest BCUT2D eigenvalue weighted by Crippen LogP contribution is 2.35. The average molecular weight is 347 g/mol. The number of nitrogens with zero attached hydrogens (tertiary/aromatic N) is 1. The molecule has 0 amide bonds. The lowest BCUT2D eigenvalue weighted by molar-refractivity contribution is 0.0731. The Morgan fingerprint density at radius 3 is 2.56 bits per heavy atom. The lowest BCUT2D eigenvalue weighted by Gasteiger charge is -2.25. The molecule has 2 rings (SSSR count). The Morgan fingerprint density at radius 2 is 2.06 bits per heavy atom. The normalized spacial score (nSPS) is 18.9. The van der Waals surface area contributed by atoms with Gasteiger partial charge in [-0.05, 0) is 22.0 Å². The maximum atomic E-state index is 12.2. The van der Waals surface area contributed by atoms with Crippen LogP contribution in [-0.2, 0) is 14.8 Å². The molecule has 0 unspecified atom stereocenters. The van der Waals surface area contributed by atoms with Gasteiger partial charge in [0.1, 0.15) is 4.21 Å². The molecule has 90 valence electrons. The summed E-state index contributed by atoms with van der Waals surface area (Å²) in [6, 6.07) is 1.47. The Kier molecular flexibility index (Phi) is 3.93. The van der Waals surface area contributed by atoms with Gasteiger partial charge < -0.3 is 4.74 Å². The highest BCUT2D eigenvalue weighted by atomic mass is 79.9. The zero-order valence-electron chi connectivity index (χ0n) is 8.15. The molecule has 2 heterocycles. The first kappa shape index (κ1) is 12.8. The van der Waals surface area contributed by atoms with E-state index in [2.05, 4.69) is 15.9 Å².